The molecule has 0 saturated carbocycles. The zero-order chi connectivity index (χ0) is 9.56. The average Bonchev–Trinajstić information content (AvgIpc) is 2.00. The van der Waals surface area contributed by atoms with Gasteiger partial charge in [0.2, 0.25) is 11.8 Å². The van der Waals surface area contributed by atoms with Gasteiger partial charge in [-0.3, -0.25) is 9.59 Å². The molecular formula is C8H16N2O2. The zero-order valence-corrected chi connectivity index (χ0v) is 7.59. The van der Waals surface area contributed by atoms with E-state index in [9.17, 15) is 9.59 Å². The highest BCUT2D eigenvalue weighted by Gasteiger charge is 2.14. The highest BCUT2D eigenvalue weighted by Crippen LogP contribution is 1.92. The van der Waals surface area contributed by atoms with Crippen LogP contribution in [0.25, 0.3) is 0 Å². The lowest BCUT2D eigenvalue weighted by atomic mass is 10.2. The second-order valence-electron chi connectivity index (χ2n) is 2.68. The summed E-state index contributed by atoms with van der Waals surface area (Å²) in [6, 6.07) is -0.510. The maximum atomic E-state index is 11.0. The maximum absolute atomic E-state index is 11.0. The molecule has 0 heterocycles. The minimum atomic E-state index is -0.510. The molecule has 1 unspecified atom stereocenters. The fourth-order valence-electron chi connectivity index (χ4n) is 0.868. The third-order valence-corrected chi connectivity index (χ3v) is 1.56. The van der Waals surface area contributed by atoms with E-state index in [0.717, 1.165) is 6.42 Å². The lowest BCUT2D eigenvalue weighted by Gasteiger charge is -2.12. The number of rotatable bonds is 5. The van der Waals surface area contributed by atoms with Crippen LogP contribution < -0.4 is 11.1 Å². The van der Waals surface area contributed by atoms with E-state index in [1.165, 1.54) is 0 Å². The molecule has 0 fully saturated rings. The van der Waals surface area contributed by atoms with E-state index in [2.05, 4.69) is 5.32 Å². The molecule has 1 atom stereocenters. The fourth-order valence-corrected chi connectivity index (χ4v) is 0.868. The molecule has 12 heavy (non-hydrogen) atoms. The van der Waals surface area contributed by atoms with Gasteiger partial charge in [-0.1, -0.05) is 13.8 Å². The number of nitrogens with one attached hydrogen (secondary N) is 1. The quantitative estimate of drug-likeness (QED) is 0.620. The summed E-state index contributed by atoms with van der Waals surface area (Å²) in [4.78, 5) is 21.7. The molecule has 0 bridgehead atoms. The molecule has 0 aromatic carbocycles. The topological polar surface area (TPSA) is 72.2 Å². The van der Waals surface area contributed by atoms with Crippen LogP contribution in [0, 0.1) is 0 Å². The zero-order valence-electron chi connectivity index (χ0n) is 7.59. The molecule has 0 radical (unpaired) electrons. The molecule has 0 spiro atoms. The number of carbonyl (C=O) groups excluding carboxylic acids is 2. The summed E-state index contributed by atoms with van der Waals surface area (Å²) < 4.78 is 0. The Morgan fingerprint density at radius 1 is 1.42 bits per heavy atom. The fraction of sp³-hybridized carbons (Fsp3) is 0.750. The van der Waals surface area contributed by atoms with Gasteiger partial charge in [-0.05, 0) is 12.8 Å². The first kappa shape index (κ1) is 10.9. The van der Waals surface area contributed by atoms with E-state index in [1.807, 2.05) is 13.8 Å². The second kappa shape index (κ2) is 5.57. The van der Waals surface area contributed by atoms with Gasteiger partial charge in [0, 0.05) is 6.42 Å². The van der Waals surface area contributed by atoms with Crippen molar-refractivity contribution in [1.82, 2.24) is 5.32 Å². The molecule has 4 nitrogen and oxygen atoms in total. The first-order chi connectivity index (χ1) is 5.61. The minimum Gasteiger partial charge on any atom is -0.368 e. The molecule has 3 N–H and O–H groups in total. The van der Waals surface area contributed by atoms with Crippen LogP contribution in [0.1, 0.15) is 33.1 Å². The molecular weight excluding hydrogens is 156 g/mol. The van der Waals surface area contributed by atoms with E-state index in [0.29, 0.717) is 12.8 Å². The molecule has 0 aliphatic rings. The predicted octanol–water partition coefficient (Wildman–Crippen LogP) is 0.167. The van der Waals surface area contributed by atoms with Crippen LogP contribution in [0.4, 0.5) is 0 Å². The van der Waals surface area contributed by atoms with Gasteiger partial charge in [0.05, 0.1) is 0 Å². The van der Waals surface area contributed by atoms with Crippen molar-refractivity contribution in [3.8, 4) is 0 Å². The van der Waals surface area contributed by atoms with Crippen LogP contribution in [0.15, 0.2) is 0 Å². The van der Waals surface area contributed by atoms with Crippen LogP contribution in [0.5, 0.6) is 0 Å². The van der Waals surface area contributed by atoms with E-state index >= 15 is 0 Å². The third-order valence-electron chi connectivity index (χ3n) is 1.56. The molecule has 2 amide bonds. The number of amides is 2. The lowest BCUT2D eigenvalue weighted by molar-refractivity contribution is -0.127. The van der Waals surface area contributed by atoms with Gasteiger partial charge in [0.25, 0.3) is 0 Å². The van der Waals surface area contributed by atoms with Crippen LogP contribution in [-0.2, 0) is 9.59 Å². The van der Waals surface area contributed by atoms with Gasteiger partial charge >= 0.3 is 0 Å². The summed E-state index contributed by atoms with van der Waals surface area (Å²) in [6.07, 6.45) is 1.77. The first-order valence-corrected chi connectivity index (χ1v) is 4.20. The lowest BCUT2D eigenvalue weighted by Crippen LogP contribution is -2.43. The maximum Gasteiger partial charge on any atom is 0.239 e. The Labute approximate surface area is 72.5 Å². The van der Waals surface area contributed by atoms with Crippen molar-refractivity contribution in [3.63, 3.8) is 0 Å². The smallest absolute Gasteiger partial charge is 0.239 e. The van der Waals surface area contributed by atoms with Crippen LogP contribution in [0.3, 0.4) is 0 Å². The van der Waals surface area contributed by atoms with Crippen molar-refractivity contribution in [1.29, 1.82) is 0 Å². The van der Waals surface area contributed by atoms with E-state index in [4.69, 9.17) is 5.73 Å². The van der Waals surface area contributed by atoms with Crippen molar-refractivity contribution in [2.45, 2.75) is 39.2 Å². The third kappa shape index (κ3) is 3.95. The van der Waals surface area contributed by atoms with Crippen LogP contribution in [0.2, 0.25) is 0 Å². The molecule has 0 aromatic rings. The van der Waals surface area contributed by atoms with Crippen LogP contribution >= 0.6 is 0 Å². The summed E-state index contributed by atoms with van der Waals surface area (Å²) in [6.45, 7) is 3.71. The number of hydrogen-bond acceptors (Lipinski definition) is 2. The minimum absolute atomic E-state index is 0.108. The van der Waals surface area contributed by atoms with Gasteiger partial charge in [-0.2, -0.15) is 0 Å². The number of nitrogens with two attached hydrogens (primary N) is 1. The van der Waals surface area contributed by atoms with Gasteiger partial charge in [0.1, 0.15) is 6.04 Å². The summed E-state index contributed by atoms with van der Waals surface area (Å²) in [5.41, 5.74) is 5.04. The summed E-state index contributed by atoms with van der Waals surface area (Å²) >= 11 is 0. The standard InChI is InChI=1S/C8H16N2O2/c1-3-5-7(11)10-6(4-2)8(9)12/h6H,3-5H2,1-2H3,(H2,9,12)(H,10,11). The van der Waals surface area contributed by atoms with Crippen LogP contribution in [-0.4, -0.2) is 17.9 Å². The number of carbonyl (C=O) groups is 2. The summed E-state index contributed by atoms with van der Waals surface area (Å²) in [7, 11) is 0. The Morgan fingerprint density at radius 3 is 2.33 bits per heavy atom. The Bertz CT molecular complexity index is 168. The monoisotopic (exact) mass is 172 g/mol. The molecule has 0 aliphatic carbocycles. The molecule has 4 heteroatoms. The first-order valence-electron chi connectivity index (χ1n) is 4.20. The Hall–Kier alpha value is -1.06. The molecule has 70 valence electrons. The largest absolute Gasteiger partial charge is 0.368 e. The van der Waals surface area contributed by atoms with Crippen molar-refractivity contribution in [2.75, 3.05) is 0 Å². The number of hydrogen-bond donors (Lipinski definition) is 2. The highest BCUT2D eigenvalue weighted by atomic mass is 16.2. The summed E-state index contributed by atoms with van der Waals surface area (Å²) in [5, 5.41) is 2.55. The molecule has 0 aromatic heterocycles. The Balaban J connectivity index is 3.85. The van der Waals surface area contributed by atoms with Crippen molar-refractivity contribution in [3.05, 3.63) is 0 Å². The van der Waals surface area contributed by atoms with Gasteiger partial charge in [0.15, 0.2) is 0 Å². The van der Waals surface area contributed by atoms with Crippen molar-refractivity contribution in [2.24, 2.45) is 5.73 Å². The average molecular weight is 172 g/mol. The Morgan fingerprint density at radius 2 is 2.00 bits per heavy atom. The Kier molecular flexibility index (Phi) is 5.08. The highest BCUT2D eigenvalue weighted by molar-refractivity contribution is 5.86. The SMILES string of the molecule is CCCC(=O)NC(CC)C(N)=O. The second-order valence-corrected chi connectivity index (χ2v) is 2.68. The van der Waals surface area contributed by atoms with E-state index < -0.39 is 11.9 Å². The van der Waals surface area contributed by atoms with E-state index in [-0.39, 0.29) is 5.91 Å². The van der Waals surface area contributed by atoms with Gasteiger partial charge in [-0.25, -0.2) is 0 Å². The summed E-state index contributed by atoms with van der Waals surface area (Å²) in [5.74, 6) is -0.579. The predicted molar refractivity (Wildman–Crippen MR) is 46.3 cm³/mol. The van der Waals surface area contributed by atoms with Crippen molar-refractivity contribution < 1.29 is 9.59 Å². The molecule has 0 aliphatic heterocycles. The normalized spacial score (nSPS) is 12.2. The molecule has 0 rings (SSSR count). The van der Waals surface area contributed by atoms with Gasteiger partial charge < -0.3 is 11.1 Å². The van der Waals surface area contributed by atoms with Gasteiger partial charge in [-0.15, -0.1) is 0 Å². The molecule has 0 saturated heterocycles. The van der Waals surface area contributed by atoms with Crippen molar-refractivity contribution >= 4 is 11.8 Å². The number of primary amides is 1. The van der Waals surface area contributed by atoms with E-state index in [1.54, 1.807) is 0 Å².